The van der Waals surface area contributed by atoms with E-state index in [9.17, 15) is 4.79 Å². The van der Waals surface area contributed by atoms with Crippen LogP contribution < -0.4 is 10.1 Å². The van der Waals surface area contributed by atoms with Crippen LogP contribution in [-0.4, -0.2) is 42.0 Å². The van der Waals surface area contributed by atoms with Gasteiger partial charge in [-0.2, -0.15) is 0 Å². The van der Waals surface area contributed by atoms with E-state index in [0.717, 1.165) is 49.2 Å². The van der Waals surface area contributed by atoms with Gasteiger partial charge in [0.05, 0.1) is 28.4 Å². The van der Waals surface area contributed by atoms with Gasteiger partial charge in [-0.05, 0) is 62.2 Å². The number of nitrogens with zero attached hydrogens (tertiary/aromatic N) is 2. The van der Waals surface area contributed by atoms with Crippen LogP contribution in [0.1, 0.15) is 42.7 Å². The van der Waals surface area contributed by atoms with Crippen LogP contribution in [0.5, 0.6) is 5.75 Å². The summed E-state index contributed by atoms with van der Waals surface area (Å²) in [5.74, 6) is 1.45. The van der Waals surface area contributed by atoms with Crippen LogP contribution in [0.2, 0.25) is 0 Å². The molecular weight excluding hydrogens is 394 g/mol. The molecule has 0 saturated carbocycles. The molecular formula is C24H29N3O2S. The quantitative estimate of drug-likeness (QED) is 0.576. The fraction of sp³-hybridized carbons (Fsp3) is 0.417. The largest absolute Gasteiger partial charge is 0.494 e. The van der Waals surface area contributed by atoms with Crippen LogP contribution in [0.4, 0.5) is 0 Å². The molecule has 30 heavy (non-hydrogen) atoms. The lowest BCUT2D eigenvalue weighted by atomic mass is 9.97. The smallest absolute Gasteiger partial charge is 0.234 e. The zero-order valence-electron chi connectivity index (χ0n) is 17.5. The first-order valence-electron chi connectivity index (χ1n) is 10.8. The van der Waals surface area contributed by atoms with Crippen molar-refractivity contribution in [3.05, 3.63) is 59.1 Å². The molecule has 1 aliphatic heterocycles. The minimum absolute atomic E-state index is 0.0771. The van der Waals surface area contributed by atoms with Gasteiger partial charge in [0.1, 0.15) is 5.75 Å². The third-order valence-electron chi connectivity index (χ3n) is 5.48. The van der Waals surface area contributed by atoms with Crippen molar-refractivity contribution in [2.45, 2.75) is 38.6 Å². The molecule has 2 aromatic carbocycles. The highest BCUT2D eigenvalue weighted by Crippen LogP contribution is 2.33. The summed E-state index contributed by atoms with van der Waals surface area (Å²) in [5, 5.41) is 4.28. The second kappa shape index (κ2) is 10.0. The van der Waals surface area contributed by atoms with Crippen LogP contribution in [0.25, 0.3) is 10.2 Å². The first kappa shape index (κ1) is 20.8. The molecule has 0 spiro atoms. The summed E-state index contributed by atoms with van der Waals surface area (Å²) in [6.45, 7) is 5.67. The molecule has 0 aliphatic carbocycles. The molecule has 0 atom stereocenters. The number of hydrogen-bond donors (Lipinski definition) is 1. The van der Waals surface area contributed by atoms with Crippen LogP contribution >= 0.6 is 11.3 Å². The average molecular weight is 424 g/mol. The van der Waals surface area contributed by atoms with Gasteiger partial charge in [0.15, 0.2) is 0 Å². The summed E-state index contributed by atoms with van der Waals surface area (Å²) in [7, 11) is 0. The molecule has 158 valence electrons. The van der Waals surface area contributed by atoms with Crippen molar-refractivity contribution in [2.75, 3.05) is 26.2 Å². The highest BCUT2D eigenvalue weighted by molar-refractivity contribution is 7.18. The number of carbonyl (C=O) groups excluding carboxylic acids is 1. The molecule has 4 rings (SSSR count). The maximum atomic E-state index is 12.4. The maximum Gasteiger partial charge on any atom is 0.234 e. The first-order valence-corrected chi connectivity index (χ1v) is 11.6. The predicted octanol–water partition coefficient (Wildman–Crippen LogP) is 4.58. The lowest BCUT2D eigenvalue weighted by Crippen LogP contribution is -2.41. The van der Waals surface area contributed by atoms with Gasteiger partial charge in [-0.25, -0.2) is 4.98 Å². The number of amides is 1. The number of hydrogen-bond acceptors (Lipinski definition) is 5. The highest BCUT2D eigenvalue weighted by Gasteiger charge is 2.24. The summed E-state index contributed by atoms with van der Waals surface area (Å²) < 4.78 is 6.93. The Hall–Kier alpha value is -2.44. The van der Waals surface area contributed by atoms with E-state index in [2.05, 4.69) is 35.3 Å². The van der Waals surface area contributed by atoms with Gasteiger partial charge in [-0.1, -0.05) is 31.2 Å². The number of nitrogens with one attached hydrogen (secondary N) is 1. The second-order valence-corrected chi connectivity index (χ2v) is 8.91. The predicted molar refractivity (Wildman–Crippen MR) is 122 cm³/mol. The Bertz CT molecular complexity index is 946. The molecule has 1 aromatic heterocycles. The van der Waals surface area contributed by atoms with E-state index in [1.165, 1.54) is 9.71 Å². The molecule has 0 bridgehead atoms. The highest BCUT2D eigenvalue weighted by atomic mass is 32.1. The Kier molecular flexibility index (Phi) is 6.97. The third kappa shape index (κ3) is 5.37. The molecule has 1 aliphatic rings. The van der Waals surface area contributed by atoms with Crippen molar-refractivity contribution < 1.29 is 9.53 Å². The Morgan fingerprint density at radius 1 is 1.20 bits per heavy atom. The van der Waals surface area contributed by atoms with Gasteiger partial charge >= 0.3 is 0 Å². The summed E-state index contributed by atoms with van der Waals surface area (Å²) in [5.41, 5.74) is 2.16. The zero-order chi connectivity index (χ0) is 20.8. The first-order chi connectivity index (χ1) is 14.7. The SMILES string of the molecule is CCCOc1cccc(CNC(=O)CN2CCC(c3nc4ccccc4s3)CC2)c1. The van der Waals surface area contributed by atoms with E-state index >= 15 is 0 Å². The Morgan fingerprint density at radius 3 is 2.83 bits per heavy atom. The van der Waals surface area contributed by atoms with E-state index in [-0.39, 0.29) is 5.91 Å². The fourth-order valence-electron chi connectivity index (χ4n) is 3.83. The fourth-order valence-corrected chi connectivity index (χ4v) is 4.96. The molecule has 1 fully saturated rings. The number of ether oxygens (including phenoxy) is 1. The van der Waals surface area contributed by atoms with Gasteiger partial charge in [0.25, 0.3) is 0 Å². The minimum atomic E-state index is 0.0771. The summed E-state index contributed by atoms with van der Waals surface area (Å²) in [4.78, 5) is 19.5. The molecule has 0 unspecified atom stereocenters. The number of likely N-dealkylation sites (tertiary alicyclic amines) is 1. The number of aromatic nitrogens is 1. The normalized spacial score (nSPS) is 15.4. The number of fused-ring (bicyclic) bond motifs is 1. The Labute approximate surface area is 182 Å². The van der Waals surface area contributed by atoms with Crippen LogP contribution in [0.3, 0.4) is 0 Å². The number of rotatable bonds is 8. The van der Waals surface area contributed by atoms with Crippen molar-refractivity contribution in [3.8, 4) is 5.75 Å². The second-order valence-electron chi connectivity index (χ2n) is 7.84. The van der Waals surface area contributed by atoms with Gasteiger partial charge in [0, 0.05) is 12.5 Å². The lowest BCUT2D eigenvalue weighted by Gasteiger charge is -2.30. The number of carbonyl (C=O) groups is 1. The van der Waals surface area contributed by atoms with Crippen molar-refractivity contribution in [3.63, 3.8) is 0 Å². The molecule has 0 radical (unpaired) electrons. The van der Waals surface area contributed by atoms with Crippen LogP contribution in [-0.2, 0) is 11.3 Å². The number of benzene rings is 2. The Balaban J connectivity index is 1.22. The van der Waals surface area contributed by atoms with Gasteiger partial charge in [-0.15, -0.1) is 11.3 Å². The summed E-state index contributed by atoms with van der Waals surface area (Å²) in [6.07, 6.45) is 3.10. The molecule has 1 saturated heterocycles. The average Bonchev–Trinajstić information content (AvgIpc) is 3.21. The third-order valence-corrected chi connectivity index (χ3v) is 6.67. The zero-order valence-corrected chi connectivity index (χ0v) is 18.3. The van der Waals surface area contributed by atoms with Crippen LogP contribution in [0.15, 0.2) is 48.5 Å². The molecule has 1 amide bonds. The topological polar surface area (TPSA) is 54.5 Å². The van der Waals surface area contributed by atoms with Crippen molar-refractivity contribution in [1.29, 1.82) is 0 Å². The molecule has 1 N–H and O–H groups in total. The summed E-state index contributed by atoms with van der Waals surface area (Å²) >= 11 is 1.81. The summed E-state index contributed by atoms with van der Waals surface area (Å²) in [6, 6.07) is 16.3. The lowest BCUT2D eigenvalue weighted by molar-refractivity contribution is -0.122. The van der Waals surface area contributed by atoms with Crippen molar-refractivity contribution in [2.24, 2.45) is 0 Å². The van der Waals surface area contributed by atoms with Crippen molar-refractivity contribution in [1.82, 2.24) is 15.2 Å². The van der Waals surface area contributed by atoms with E-state index in [4.69, 9.17) is 9.72 Å². The monoisotopic (exact) mass is 423 g/mol. The van der Waals surface area contributed by atoms with E-state index < -0.39 is 0 Å². The molecule has 6 heteroatoms. The standard InChI is InChI=1S/C24H29N3O2S/c1-2-14-29-20-7-5-6-18(15-20)16-25-23(28)17-27-12-10-19(11-13-27)24-26-21-8-3-4-9-22(21)30-24/h3-9,15,19H,2,10-14,16-17H2,1H3,(H,25,28). The van der Waals surface area contributed by atoms with E-state index in [0.29, 0.717) is 25.6 Å². The van der Waals surface area contributed by atoms with Crippen LogP contribution in [0, 0.1) is 0 Å². The number of para-hydroxylation sites is 1. The van der Waals surface area contributed by atoms with Crippen molar-refractivity contribution >= 4 is 27.5 Å². The number of piperidine rings is 1. The Morgan fingerprint density at radius 2 is 2.03 bits per heavy atom. The van der Waals surface area contributed by atoms with E-state index in [1.807, 2.05) is 41.7 Å². The minimum Gasteiger partial charge on any atom is -0.494 e. The molecule has 3 aromatic rings. The van der Waals surface area contributed by atoms with Gasteiger partial charge < -0.3 is 10.1 Å². The number of thiazole rings is 1. The van der Waals surface area contributed by atoms with E-state index in [1.54, 1.807) is 0 Å². The van der Waals surface area contributed by atoms with Gasteiger partial charge in [-0.3, -0.25) is 9.69 Å². The maximum absolute atomic E-state index is 12.4. The molecule has 5 nitrogen and oxygen atoms in total. The molecule has 2 heterocycles. The van der Waals surface area contributed by atoms with Gasteiger partial charge in [0.2, 0.25) is 5.91 Å².